The van der Waals surface area contributed by atoms with Crippen molar-refractivity contribution in [2.45, 2.75) is 0 Å². The summed E-state index contributed by atoms with van der Waals surface area (Å²) >= 11 is 0. The van der Waals surface area contributed by atoms with Gasteiger partial charge in [0.1, 0.15) is 5.75 Å². The quantitative estimate of drug-likeness (QED) is 0.547. The van der Waals surface area contributed by atoms with E-state index in [2.05, 4.69) is 38.2 Å². The maximum absolute atomic E-state index is 5.96. The molecule has 2 heterocycles. The fraction of sp³-hybridized carbons (Fsp3) is 0.100. The van der Waals surface area contributed by atoms with Crippen molar-refractivity contribution < 1.29 is 4.74 Å². The van der Waals surface area contributed by atoms with Crippen molar-refractivity contribution >= 4 is 28.2 Å². The van der Waals surface area contributed by atoms with Gasteiger partial charge in [-0.15, -0.1) is 0 Å². The standard InChI is InChI=1S/C20H19N5O/c1-25-12-15(14-5-3-4-6-18(14)25)17-9-10-22-20(24-17)23-13-7-8-19(26-2)16(21)11-13/h3-12H,21H2,1-2H3,(H,22,23,24). The van der Waals surface area contributed by atoms with Gasteiger partial charge in [0.05, 0.1) is 18.5 Å². The molecule has 130 valence electrons. The van der Waals surface area contributed by atoms with Gasteiger partial charge in [0.2, 0.25) is 5.95 Å². The van der Waals surface area contributed by atoms with E-state index >= 15 is 0 Å². The van der Waals surface area contributed by atoms with Crippen molar-refractivity contribution in [3.05, 3.63) is 60.9 Å². The van der Waals surface area contributed by atoms with Crippen LogP contribution < -0.4 is 15.8 Å². The summed E-state index contributed by atoms with van der Waals surface area (Å²) in [6, 6.07) is 15.7. The normalized spacial score (nSPS) is 10.8. The Bertz CT molecular complexity index is 1090. The summed E-state index contributed by atoms with van der Waals surface area (Å²) in [4.78, 5) is 8.98. The van der Waals surface area contributed by atoms with Gasteiger partial charge in [0.25, 0.3) is 0 Å². The van der Waals surface area contributed by atoms with Gasteiger partial charge in [-0.05, 0) is 30.3 Å². The molecular formula is C20H19N5O. The lowest BCUT2D eigenvalue weighted by Crippen LogP contribution is -1.99. The maximum Gasteiger partial charge on any atom is 0.227 e. The minimum atomic E-state index is 0.514. The third kappa shape index (κ3) is 2.82. The number of nitrogens with one attached hydrogen (secondary N) is 1. The third-order valence-electron chi connectivity index (χ3n) is 4.31. The first-order valence-corrected chi connectivity index (χ1v) is 8.24. The number of anilines is 3. The van der Waals surface area contributed by atoms with Crippen LogP contribution in [0.15, 0.2) is 60.9 Å². The Balaban J connectivity index is 1.69. The van der Waals surface area contributed by atoms with Crippen LogP contribution in [0, 0.1) is 0 Å². The second-order valence-electron chi connectivity index (χ2n) is 6.02. The molecular weight excluding hydrogens is 326 g/mol. The van der Waals surface area contributed by atoms with E-state index in [0.717, 1.165) is 22.3 Å². The lowest BCUT2D eigenvalue weighted by molar-refractivity contribution is 0.417. The van der Waals surface area contributed by atoms with E-state index in [1.807, 2.05) is 37.4 Å². The highest BCUT2D eigenvalue weighted by Gasteiger charge is 2.10. The lowest BCUT2D eigenvalue weighted by atomic mass is 10.1. The summed E-state index contributed by atoms with van der Waals surface area (Å²) in [6.45, 7) is 0. The zero-order valence-corrected chi connectivity index (χ0v) is 14.6. The molecule has 0 aliphatic heterocycles. The zero-order chi connectivity index (χ0) is 18.1. The molecule has 0 atom stereocenters. The van der Waals surface area contributed by atoms with Crippen LogP contribution in [-0.4, -0.2) is 21.6 Å². The van der Waals surface area contributed by atoms with Crippen LogP contribution in [0.5, 0.6) is 5.75 Å². The largest absolute Gasteiger partial charge is 0.495 e. The molecule has 0 aliphatic rings. The number of nitrogens with zero attached hydrogens (tertiary/aromatic N) is 3. The van der Waals surface area contributed by atoms with E-state index in [-0.39, 0.29) is 0 Å². The number of aryl methyl sites for hydroxylation is 1. The molecule has 0 unspecified atom stereocenters. The number of ether oxygens (including phenoxy) is 1. The molecule has 0 fully saturated rings. The minimum absolute atomic E-state index is 0.514. The predicted molar refractivity (Wildman–Crippen MR) is 105 cm³/mol. The first-order valence-electron chi connectivity index (χ1n) is 8.24. The van der Waals surface area contributed by atoms with E-state index in [4.69, 9.17) is 10.5 Å². The highest BCUT2D eigenvalue weighted by atomic mass is 16.5. The maximum atomic E-state index is 5.96. The number of benzene rings is 2. The first-order chi connectivity index (χ1) is 12.7. The fourth-order valence-corrected chi connectivity index (χ4v) is 3.06. The predicted octanol–water partition coefficient (Wildman–Crippen LogP) is 3.97. The van der Waals surface area contributed by atoms with Crippen LogP contribution in [0.2, 0.25) is 0 Å². The van der Waals surface area contributed by atoms with Crippen LogP contribution >= 0.6 is 0 Å². The van der Waals surface area contributed by atoms with Crippen LogP contribution in [0.25, 0.3) is 22.2 Å². The SMILES string of the molecule is COc1ccc(Nc2nccc(-c3cn(C)c4ccccc34)n2)cc1N. The smallest absolute Gasteiger partial charge is 0.227 e. The molecule has 6 heteroatoms. The van der Waals surface area contributed by atoms with E-state index in [9.17, 15) is 0 Å². The molecule has 2 aromatic carbocycles. The third-order valence-corrected chi connectivity index (χ3v) is 4.31. The van der Waals surface area contributed by atoms with Crippen molar-refractivity contribution in [3.63, 3.8) is 0 Å². The summed E-state index contributed by atoms with van der Waals surface area (Å²) in [5.41, 5.74) is 10.4. The van der Waals surface area contributed by atoms with Crippen molar-refractivity contribution in [2.75, 3.05) is 18.2 Å². The van der Waals surface area contributed by atoms with Gasteiger partial charge in [0, 0.05) is 41.6 Å². The summed E-state index contributed by atoms with van der Waals surface area (Å²) in [7, 11) is 3.63. The topological polar surface area (TPSA) is 78.0 Å². The Hall–Kier alpha value is -3.54. The van der Waals surface area contributed by atoms with Crippen LogP contribution in [-0.2, 0) is 7.05 Å². The molecule has 0 amide bonds. The molecule has 0 spiro atoms. The molecule has 4 rings (SSSR count). The van der Waals surface area contributed by atoms with Gasteiger partial charge in [-0.1, -0.05) is 18.2 Å². The average molecular weight is 345 g/mol. The number of fused-ring (bicyclic) bond motifs is 1. The number of hydrogen-bond acceptors (Lipinski definition) is 5. The number of nitrogen functional groups attached to an aromatic ring is 1. The number of rotatable bonds is 4. The van der Waals surface area contributed by atoms with Crippen molar-refractivity contribution in [3.8, 4) is 17.0 Å². The number of nitrogens with two attached hydrogens (primary N) is 1. The molecule has 0 bridgehead atoms. The van der Waals surface area contributed by atoms with Crippen LogP contribution in [0.1, 0.15) is 0 Å². The Morgan fingerprint density at radius 1 is 1.12 bits per heavy atom. The molecule has 2 aromatic heterocycles. The Morgan fingerprint density at radius 3 is 2.77 bits per heavy atom. The van der Waals surface area contributed by atoms with Gasteiger partial charge >= 0.3 is 0 Å². The zero-order valence-electron chi connectivity index (χ0n) is 14.6. The number of aromatic nitrogens is 3. The van der Waals surface area contributed by atoms with E-state index in [1.165, 1.54) is 5.52 Å². The fourth-order valence-electron chi connectivity index (χ4n) is 3.06. The second-order valence-corrected chi connectivity index (χ2v) is 6.02. The molecule has 0 radical (unpaired) electrons. The van der Waals surface area contributed by atoms with E-state index in [0.29, 0.717) is 17.4 Å². The van der Waals surface area contributed by atoms with Gasteiger partial charge in [-0.25, -0.2) is 9.97 Å². The number of methoxy groups -OCH3 is 1. The molecule has 3 N–H and O–H groups in total. The number of hydrogen-bond donors (Lipinski definition) is 2. The Morgan fingerprint density at radius 2 is 1.96 bits per heavy atom. The summed E-state index contributed by atoms with van der Waals surface area (Å²) < 4.78 is 7.29. The molecule has 26 heavy (non-hydrogen) atoms. The highest BCUT2D eigenvalue weighted by molar-refractivity contribution is 5.95. The molecule has 0 aliphatic carbocycles. The van der Waals surface area contributed by atoms with Crippen molar-refractivity contribution in [1.29, 1.82) is 0 Å². The van der Waals surface area contributed by atoms with Crippen molar-refractivity contribution in [2.24, 2.45) is 7.05 Å². The van der Waals surface area contributed by atoms with Crippen LogP contribution in [0.3, 0.4) is 0 Å². The molecule has 0 saturated carbocycles. The van der Waals surface area contributed by atoms with Gasteiger partial charge in [-0.2, -0.15) is 0 Å². The second kappa shape index (κ2) is 6.40. The Labute approximate surface area is 151 Å². The van der Waals surface area contributed by atoms with Gasteiger partial charge in [-0.3, -0.25) is 0 Å². The highest BCUT2D eigenvalue weighted by Crippen LogP contribution is 2.30. The lowest BCUT2D eigenvalue weighted by Gasteiger charge is -2.09. The van der Waals surface area contributed by atoms with Crippen molar-refractivity contribution in [1.82, 2.24) is 14.5 Å². The summed E-state index contributed by atoms with van der Waals surface area (Å²) in [5.74, 6) is 1.15. The number of para-hydroxylation sites is 1. The van der Waals surface area contributed by atoms with E-state index in [1.54, 1.807) is 19.4 Å². The summed E-state index contributed by atoms with van der Waals surface area (Å²) in [5, 5.41) is 4.36. The van der Waals surface area contributed by atoms with Gasteiger partial charge < -0.3 is 20.4 Å². The monoisotopic (exact) mass is 345 g/mol. The average Bonchev–Trinajstić information content (AvgIpc) is 2.99. The van der Waals surface area contributed by atoms with E-state index < -0.39 is 0 Å². The van der Waals surface area contributed by atoms with Crippen LogP contribution in [0.4, 0.5) is 17.3 Å². The summed E-state index contributed by atoms with van der Waals surface area (Å²) in [6.07, 6.45) is 3.83. The molecule has 4 aromatic rings. The Kier molecular flexibility index (Phi) is 3.93. The van der Waals surface area contributed by atoms with Gasteiger partial charge in [0.15, 0.2) is 0 Å². The minimum Gasteiger partial charge on any atom is -0.495 e. The molecule has 0 saturated heterocycles. The molecule has 6 nitrogen and oxygen atoms in total. The first kappa shape index (κ1) is 16.0.